The summed E-state index contributed by atoms with van der Waals surface area (Å²) in [4.78, 5) is 9.07. The Balaban J connectivity index is 1.84. The van der Waals surface area contributed by atoms with Gasteiger partial charge in [-0.3, -0.25) is 0 Å². The Hall–Kier alpha value is -4.44. The van der Waals surface area contributed by atoms with Gasteiger partial charge in [0, 0.05) is 16.3 Å². The van der Waals surface area contributed by atoms with Gasteiger partial charge in [0.1, 0.15) is 23.3 Å². The van der Waals surface area contributed by atoms with Crippen LogP contribution in [0.15, 0.2) is 66.7 Å². The minimum Gasteiger partial charge on any atom is -0.497 e. The van der Waals surface area contributed by atoms with Gasteiger partial charge >= 0.3 is 0 Å². The van der Waals surface area contributed by atoms with Gasteiger partial charge in [-0.1, -0.05) is 18.2 Å². The Labute approximate surface area is 172 Å². The number of hydrogen-bond acceptors (Lipinski definition) is 6. The van der Waals surface area contributed by atoms with E-state index in [4.69, 9.17) is 20.6 Å². The molecule has 2 N–H and O–H groups in total. The van der Waals surface area contributed by atoms with E-state index in [0.29, 0.717) is 16.9 Å². The fourth-order valence-corrected chi connectivity index (χ4v) is 3.45. The number of nitrogens with two attached hydrogens (primary N) is 1. The highest BCUT2D eigenvalue weighted by Crippen LogP contribution is 2.32. The van der Waals surface area contributed by atoms with Gasteiger partial charge in [-0.25, -0.2) is 14.6 Å². The van der Waals surface area contributed by atoms with Gasteiger partial charge in [0.15, 0.2) is 11.3 Å². The molecule has 3 aromatic heterocycles. The number of para-hydroxylation sites is 1. The van der Waals surface area contributed by atoms with Crippen LogP contribution in [-0.4, -0.2) is 26.9 Å². The number of methoxy groups -OCH3 is 1. The maximum absolute atomic E-state index is 9.31. The van der Waals surface area contributed by atoms with Gasteiger partial charge in [0.2, 0.25) is 0 Å². The quantitative estimate of drug-likeness (QED) is 0.496. The second-order valence-corrected chi connectivity index (χ2v) is 6.76. The van der Waals surface area contributed by atoms with Crippen LogP contribution >= 0.6 is 0 Å². The van der Waals surface area contributed by atoms with Crippen molar-refractivity contribution < 1.29 is 4.74 Å². The lowest BCUT2D eigenvalue weighted by atomic mass is 10.1. The monoisotopic (exact) mass is 392 g/mol. The second-order valence-electron chi connectivity index (χ2n) is 6.76. The van der Waals surface area contributed by atoms with E-state index in [1.54, 1.807) is 17.9 Å². The molecule has 0 fully saturated rings. The number of nitrogen functional groups attached to an aromatic ring is 1. The lowest BCUT2D eigenvalue weighted by Crippen LogP contribution is -2.00. The summed E-state index contributed by atoms with van der Waals surface area (Å²) in [5.41, 5.74) is 9.96. The van der Waals surface area contributed by atoms with Gasteiger partial charge in [-0.2, -0.15) is 10.4 Å². The number of fused-ring (bicyclic) bond motifs is 2. The van der Waals surface area contributed by atoms with Crippen molar-refractivity contribution >= 4 is 27.9 Å². The largest absolute Gasteiger partial charge is 0.497 e. The van der Waals surface area contributed by atoms with Crippen LogP contribution in [-0.2, 0) is 0 Å². The molecule has 0 atom stereocenters. The Morgan fingerprint density at radius 1 is 1.00 bits per heavy atom. The van der Waals surface area contributed by atoms with Crippen molar-refractivity contribution in [1.82, 2.24) is 19.7 Å². The average Bonchev–Trinajstić information content (AvgIpc) is 3.16. The number of aromatic nitrogens is 4. The molecular weight excluding hydrogens is 376 g/mol. The lowest BCUT2D eigenvalue weighted by Gasteiger charge is -2.04. The SMILES string of the molecule is COc1ccc(-c2nn(-c3ccccc3)c3nc4nc(N)c(C#N)cc4cc23)cc1. The molecule has 2 aromatic carbocycles. The van der Waals surface area contributed by atoms with Gasteiger partial charge in [0.25, 0.3) is 0 Å². The first kappa shape index (κ1) is 17.6. The standard InChI is InChI=1S/C23H16N6O/c1-30-18-9-7-14(8-10-18)20-19-12-15-11-16(13-24)21(25)26-22(15)27-23(19)29(28-20)17-5-3-2-4-6-17/h2-12H,1H3,(H2,25,26,27). The molecule has 5 aromatic rings. The van der Waals surface area contributed by atoms with E-state index in [2.05, 4.69) is 11.1 Å². The number of nitrogens with zero attached hydrogens (tertiary/aromatic N) is 5. The van der Waals surface area contributed by atoms with Crippen LogP contribution in [0.5, 0.6) is 5.75 Å². The normalized spacial score (nSPS) is 10.9. The third-order valence-electron chi connectivity index (χ3n) is 4.95. The summed E-state index contributed by atoms with van der Waals surface area (Å²) < 4.78 is 7.07. The third-order valence-corrected chi connectivity index (χ3v) is 4.95. The van der Waals surface area contributed by atoms with Gasteiger partial charge in [0.05, 0.1) is 18.4 Å². The zero-order chi connectivity index (χ0) is 20.7. The summed E-state index contributed by atoms with van der Waals surface area (Å²) in [7, 11) is 1.63. The van der Waals surface area contributed by atoms with Crippen LogP contribution in [0.2, 0.25) is 0 Å². The molecule has 7 heteroatoms. The predicted octanol–water partition coefficient (Wildman–Crippen LogP) is 4.10. The number of rotatable bonds is 3. The minimum absolute atomic E-state index is 0.165. The summed E-state index contributed by atoms with van der Waals surface area (Å²) >= 11 is 0. The van der Waals surface area contributed by atoms with Crippen LogP contribution in [0, 0.1) is 11.3 Å². The number of hydrogen-bond donors (Lipinski definition) is 1. The Kier molecular flexibility index (Phi) is 4.04. The van der Waals surface area contributed by atoms with Crippen LogP contribution < -0.4 is 10.5 Å². The van der Waals surface area contributed by atoms with E-state index in [1.165, 1.54) is 0 Å². The third kappa shape index (κ3) is 2.79. The van der Waals surface area contributed by atoms with E-state index in [0.717, 1.165) is 33.5 Å². The molecule has 7 nitrogen and oxygen atoms in total. The molecule has 5 rings (SSSR count). The summed E-state index contributed by atoms with van der Waals surface area (Å²) in [6.45, 7) is 0. The zero-order valence-corrected chi connectivity index (χ0v) is 16.1. The molecule has 0 aliphatic heterocycles. The molecule has 30 heavy (non-hydrogen) atoms. The number of ether oxygens (including phenoxy) is 1. The predicted molar refractivity (Wildman–Crippen MR) is 115 cm³/mol. The molecule has 0 radical (unpaired) electrons. The van der Waals surface area contributed by atoms with Crippen molar-refractivity contribution in [1.29, 1.82) is 5.26 Å². The van der Waals surface area contributed by atoms with Crippen molar-refractivity contribution in [3.63, 3.8) is 0 Å². The number of pyridine rings is 2. The highest BCUT2D eigenvalue weighted by atomic mass is 16.5. The molecule has 0 spiro atoms. The molecule has 0 bridgehead atoms. The van der Waals surface area contributed by atoms with Gasteiger partial charge in [-0.05, 0) is 48.5 Å². The number of nitriles is 1. The van der Waals surface area contributed by atoms with Crippen molar-refractivity contribution in [2.75, 3.05) is 12.8 Å². The maximum atomic E-state index is 9.31. The highest BCUT2D eigenvalue weighted by Gasteiger charge is 2.17. The molecule has 0 unspecified atom stereocenters. The molecule has 144 valence electrons. The van der Waals surface area contributed by atoms with Crippen molar-refractivity contribution in [3.8, 4) is 28.8 Å². The Bertz CT molecular complexity index is 1430. The molecule has 0 aliphatic carbocycles. The second kappa shape index (κ2) is 6.87. The van der Waals surface area contributed by atoms with E-state index in [1.807, 2.05) is 60.7 Å². The first-order valence-electron chi connectivity index (χ1n) is 9.28. The van der Waals surface area contributed by atoms with E-state index in [-0.39, 0.29) is 5.82 Å². The lowest BCUT2D eigenvalue weighted by molar-refractivity contribution is 0.415. The average molecular weight is 392 g/mol. The first-order chi connectivity index (χ1) is 14.7. The Morgan fingerprint density at radius 3 is 2.47 bits per heavy atom. The van der Waals surface area contributed by atoms with Crippen LogP contribution in [0.4, 0.5) is 5.82 Å². The number of benzene rings is 2. The van der Waals surface area contributed by atoms with Crippen LogP contribution in [0.25, 0.3) is 39.0 Å². The Morgan fingerprint density at radius 2 is 1.77 bits per heavy atom. The van der Waals surface area contributed by atoms with E-state index < -0.39 is 0 Å². The van der Waals surface area contributed by atoms with Crippen LogP contribution in [0.1, 0.15) is 5.56 Å². The fourth-order valence-electron chi connectivity index (χ4n) is 3.45. The fraction of sp³-hybridized carbons (Fsp3) is 0.0435. The molecule has 0 amide bonds. The van der Waals surface area contributed by atoms with Gasteiger partial charge in [-0.15, -0.1) is 0 Å². The van der Waals surface area contributed by atoms with Crippen molar-refractivity contribution in [3.05, 3.63) is 72.3 Å². The molecule has 0 saturated carbocycles. The topological polar surface area (TPSA) is 103 Å². The highest BCUT2D eigenvalue weighted by molar-refractivity contribution is 5.99. The summed E-state index contributed by atoms with van der Waals surface area (Å²) in [5, 5.41) is 15.8. The molecule has 3 heterocycles. The number of anilines is 1. The van der Waals surface area contributed by atoms with Crippen molar-refractivity contribution in [2.24, 2.45) is 0 Å². The van der Waals surface area contributed by atoms with Gasteiger partial charge < -0.3 is 10.5 Å². The smallest absolute Gasteiger partial charge is 0.166 e. The first-order valence-corrected chi connectivity index (χ1v) is 9.28. The van der Waals surface area contributed by atoms with Crippen molar-refractivity contribution in [2.45, 2.75) is 0 Å². The summed E-state index contributed by atoms with van der Waals surface area (Å²) in [5.74, 6) is 0.936. The minimum atomic E-state index is 0.165. The van der Waals surface area contributed by atoms with Crippen LogP contribution in [0.3, 0.4) is 0 Å². The maximum Gasteiger partial charge on any atom is 0.166 e. The van der Waals surface area contributed by atoms with E-state index in [9.17, 15) is 5.26 Å². The summed E-state index contributed by atoms with van der Waals surface area (Å²) in [6, 6.07) is 23.2. The zero-order valence-electron chi connectivity index (χ0n) is 16.1. The molecule has 0 saturated heterocycles. The summed E-state index contributed by atoms with van der Waals surface area (Å²) in [6.07, 6.45) is 0. The van der Waals surface area contributed by atoms with E-state index >= 15 is 0 Å². The molecule has 0 aliphatic rings. The molecular formula is C23H16N6O.